The molecule has 22 heteroatoms. The summed E-state index contributed by atoms with van der Waals surface area (Å²) in [6.45, 7) is -4.95. The number of fused-ring (bicyclic) bond motifs is 5. The molecule has 4 aromatic heterocycles. The van der Waals surface area contributed by atoms with E-state index in [2.05, 4.69) is 29.9 Å². The Labute approximate surface area is 249 Å². The summed E-state index contributed by atoms with van der Waals surface area (Å²) >= 11 is 5.16. The summed E-state index contributed by atoms with van der Waals surface area (Å²) in [5.74, 6) is -4.47. The zero-order valence-electron chi connectivity index (χ0n) is 22.6. The number of nitrogen functional groups attached to an aromatic ring is 2. The quantitative estimate of drug-likeness (QED) is 0.215. The zero-order valence-corrected chi connectivity index (χ0v) is 24.3. The molecule has 0 aliphatic carbocycles. The lowest BCUT2D eigenvalue weighted by atomic mass is 9.94. The van der Waals surface area contributed by atoms with E-state index in [1.54, 1.807) is 4.57 Å². The van der Waals surface area contributed by atoms with Crippen molar-refractivity contribution in [1.29, 1.82) is 0 Å². The molecule has 7 rings (SSSR count). The molecule has 8 atom stereocenters. The molecule has 3 fully saturated rings. The van der Waals surface area contributed by atoms with Crippen LogP contribution in [0, 0.1) is 5.92 Å². The molecule has 0 amide bonds. The van der Waals surface area contributed by atoms with Crippen molar-refractivity contribution in [2.24, 2.45) is 5.92 Å². The van der Waals surface area contributed by atoms with Gasteiger partial charge in [-0.25, -0.2) is 19.9 Å². The number of methoxy groups -OCH3 is 1. The van der Waals surface area contributed by atoms with Crippen molar-refractivity contribution in [1.82, 2.24) is 39.0 Å². The van der Waals surface area contributed by atoms with E-state index >= 15 is 8.78 Å². The summed E-state index contributed by atoms with van der Waals surface area (Å²) in [4.78, 5) is 46.0. The van der Waals surface area contributed by atoms with E-state index < -0.39 is 61.2 Å². The van der Waals surface area contributed by atoms with E-state index in [9.17, 15) is 9.69 Å². The van der Waals surface area contributed by atoms with Gasteiger partial charge in [0.25, 0.3) is 5.56 Å². The summed E-state index contributed by atoms with van der Waals surface area (Å²) in [7, 11) is 1.47. The second kappa shape index (κ2) is 10.7. The normalized spacial score (nSPS) is 34.1. The molecule has 0 aromatic carbocycles. The van der Waals surface area contributed by atoms with E-state index in [1.165, 1.54) is 19.8 Å². The molecule has 3 aliphatic heterocycles. The molecule has 7 heterocycles. The van der Waals surface area contributed by atoms with Gasteiger partial charge in [-0.15, -0.1) is 0 Å². The van der Waals surface area contributed by atoms with Crippen molar-refractivity contribution in [3.05, 3.63) is 29.3 Å². The third-order valence-corrected chi connectivity index (χ3v) is 9.28. The predicted octanol–water partition coefficient (Wildman–Crippen LogP) is 0.182. The Morgan fingerprint density at radius 2 is 1.89 bits per heavy atom. The van der Waals surface area contributed by atoms with Gasteiger partial charge in [0.05, 0.1) is 32.0 Å². The van der Waals surface area contributed by atoms with Crippen LogP contribution in [0.3, 0.4) is 0 Å². The number of hydrogen-bond donors (Lipinski definition) is 4. The molecular formula is C22H25F2N10O8PS. The Morgan fingerprint density at radius 3 is 2.66 bits per heavy atom. The van der Waals surface area contributed by atoms with E-state index in [4.69, 9.17) is 51.3 Å². The van der Waals surface area contributed by atoms with Gasteiger partial charge in [-0.3, -0.25) is 23.4 Å². The second-order valence-electron chi connectivity index (χ2n) is 10.3. The predicted molar refractivity (Wildman–Crippen MR) is 147 cm³/mol. The van der Waals surface area contributed by atoms with Crippen molar-refractivity contribution in [3.8, 4) is 0 Å². The molecule has 4 aromatic rings. The first-order valence-corrected chi connectivity index (χ1v) is 15.7. The highest BCUT2D eigenvalue weighted by molar-refractivity contribution is 8.07. The first-order chi connectivity index (χ1) is 21.0. The van der Waals surface area contributed by atoms with Gasteiger partial charge in [0.15, 0.2) is 41.2 Å². The Bertz CT molecular complexity index is 1840. The van der Waals surface area contributed by atoms with E-state index in [0.717, 1.165) is 10.9 Å². The smallest absolute Gasteiger partial charge is 0.328 e. The third-order valence-electron chi connectivity index (χ3n) is 7.74. The number of H-pyrrole nitrogens is 1. The fourth-order valence-electron chi connectivity index (χ4n) is 5.74. The first kappa shape index (κ1) is 29.4. The van der Waals surface area contributed by atoms with Gasteiger partial charge in [-0.2, -0.15) is 13.8 Å². The van der Waals surface area contributed by atoms with E-state index in [1.807, 2.05) is 0 Å². The second-order valence-corrected chi connectivity index (χ2v) is 13.1. The number of aromatic nitrogens is 8. The Kier molecular flexibility index (Phi) is 7.14. The molecule has 0 saturated carbocycles. The highest BCUT2D eigenvalue weighted by Crippen LogP contribution is 2.55. The lowest BCUT2D eigenvalue weighted by Crippen LogP contribution is -2.42. The molecule has 236 valence electrons. The van der Waals surface area contributed by atoms with Gasteiger partial charge in [0, 0.05) is 13.0 Å². The van der Waals surface area contributed by atoms with Crippen LogP contribution in [0.1, 0.15) is 18.9 Å². The molecular weight excluding hydrogens is 633 g/mol. The first-order valence-electron chi connectivity index (χ1n) is 13.1. The van der Waals surface area contributed by atoms with Crippen LogP contribution in [0.25, 0.3) is 22.3 Å². The molecule has 6 N–H and O–H groups in total. The zero-order chi connectivity index (χ0) is 31.0. The standard InChI is InChI=1S/C22H25F2N10O8PS/c1-37-12-8-2-3-38-20-22(23,24)13(19(41-20)34-7-30-11-16(34)31-21(26)32-17(11)35)42-43(36,44)39-4-9(8)40-18(12)33-6-29-10-14(25)27-5-28-15(10)33/h5-9,12-13,18-20H,2-4H2,1H3,(H,36,44)(H2,25,27,28)(H3,26,31,32,35)/t8-,9-,12-,13+,18-,19-,20?,43?/m1/s1. The van der Waals surface area contributed by atoms with Crippen molar-refractivity contribution in [2.45, 2.75) is 49.4 Å². The fourth-order valence-corrected chi connectivity index (χ4v) is 7.13. The Hall–Kier alpha value is -3.27. The maximum atomic E-state index is 15.8. The van der Waals surface area contributed by atoms with Gasteiger partial charge in [-0.1, -0.05) is 0 Å². The monoisotopic (exact) mass is 658 g/mol. The number of ether oxygens (including phenoxy) is 4. The van der Waals surface area contributed by atoms with Crippen LogP contribution in [0.15, 0.2) is 23.8 Å². The number of halogens is 2. The number of hydrogen-bond acceptors (Lipinski definition) is 15. The lowest BCUT2D eigenvalue weighted by Gasteiger charge is -2.29. The minimum Gasteiger partial charge on any atom is -0.382 e. The Morgan fingerprint density at radius 1 is 1.14 bits per heavy atom. The number of anilines is 2. The highest BCUT2D eigenvalue weighted by atomic mass is 32.5. The summed E-state index contributed by atoms with van der Waals surface area (Å²) in [5, 5.41) is 0. The van der Waals surface area contributed by atoms with Crippen LogP contribution < -0.4 is 17.0 Å². The summed E-state index contributed by atoms with van der Waals surface area (Å²) in [6.07, 6.45) is -4.33. The maximum Gasteiger partial charge on any atom is 0.328 e. The maximum absolute atomic E-state index is 15.8. The van der Waals surface area contributed by atoms with Gasteiger partial charge in [0.2, 0.25) is 12.2 Å². The summed E-state index contributed by atoms with van der Waals surface area (Å²) in [5.41, 5.74) is 11.3. The van der Waals surface area contributed by atoms with Crippen LogP contribution >= 0.6 is 6.72 Å². The molecule has 3 saturated heterocycles. The summed E-state index contributed by atoms with van der Waals surface area (Å²) in [6, 6.07) is 0. The Balaban J connectivity index is 1.20. The van der Waals surface area contributed by atoms with Gasteiger partial charge in [-0.05, 0) is 18.2 Å². The number of rotatable bonds is 3. The van der Waals surface area contributed by atoms with Crippen LogP contribution in [-0.2, 0) is 39.8 Å². The van der Waals surface area contributed by atoms with Crippen LogP contribution in [0.5, 0.6) is 0 Å². The third kappa shape index (κ3) is 4.75. The van der Waals surface area contributed by atoms with Crippen molar-refractivity contribution < 1.29 is 41.7 Å². The average Bonchev–Trinajstić information content (AvgIpc) is 3.71. The molecule has 18 nitrogen and oxygen atoms in total. The molecule has 2 bridgehead atoms. The van der Waals surface area contributed by atoms with Gasteiger partial charge < -0.3 is 39.8 Å². The topological polar surface area (TPSA) is 235 Å². The molecule has 44 heavy (non-hydrogen) atoms. The van der Waals surface area contributed by atoms with E-state index in [-0.39, 0.29) is 42.6 Å². The average molecular weight is 659 g/mol. The molecule has 0 radical (unpaired) electrons. The molecule has 3 aliphatic rings. The van der Waals surface area contributed by atoms with Crippen molar-refractivity contribution in [2.75, 3.05) is 31.8 Å². The molecule has 2 unspecified atom stereocenters. The van der Waals surface area contributed by atoms with Crippen molar-refractivity contribution >= 4 is 52.6 Å². The molecule has 0 spiro atoms. The van der Waals surface area contributed by atoms with E-state index in [0.29, 0.717) is 11.2 Å². The van der Waals surface area contributed by atoms with Crippen LogP contribution in [0.2, 0.25) is 0 Å². The van der Waals surface area contributed by atoms with Crippen LogP contribution in [0.4, 0.5) is 20.5 Å². The highest BCUT2D eigenvalue weighted by Gasteiger charge is 2.63. The van der Waals surface area contributed by atoms with Crippen LogP contribution in [-0.4, -0.2) is 94.8 Å². The number of nitrogens with two attached hydrogens (primary N) is 2. The number of imidazole rings is 2. The van der Waals surface area contributed by atoms with Crippen molar-refractivity contribution in [3.63, 3.8) is 0 Å². The largest absolute Gasteiger partial charge is 0.382 e. The lowest BCUT2D eigenvalue weighted by molar-refractivity contribution is -0.228. The minimum absolute atomic E-state index is 0.148. The van der Waals surface area contributed by atoms with Gasteiger partial charge in [0.1, 0.15) is 17.9 Å². The minimum atomic E-state index is -4.39. The summed E-state index contributed by atoms with van der Waals surface area (Å²) < 4.78 is 68.6. The fraction of sp³-hybridized carbons (Fsp3) is 0.545. The number of aromatic amines is 1. The SMILES string of the molecule is CO[C@@H]1[C@@H]2CCOC3O[C@@H](n4cnc5c(=O)[nH]c(N)nc54)[C@H](OP(O)(=S)OC[C@H]2O[C@H]1n1cnc2c(N)ncnc21)C3(F)F. The number of alkyl halides is 2. The van der Waals surface area contributed by atoms with Gasteiger partial charge >= 0.3 is 12.6 Å². The number of nitrogens with one attached hydrogen (secondary N) is 1. The number of nitrogens with zero attached hydrogens (tertiary/aromatic N) is 7.